The first-order valence-corrected chi connectivity index (χ1v) is 11.8. The zero-order valence-corrected chi connectivity index (χ0v) is 19.3. The number of hydrogen-bond donors (Lipinski definition) is 0. The van der Waals surface area contributed by atoms with Crippen LogP contribution >= 0.6 is 0 Å². The highest BCUT2D eigenvalue weighted by molar-refractivity contribution is 6.43. The van der Waals surface area contributed by atoms with Crippen LogP contribution in [0.3, 0.4) is 0 Å². The van der Waals surface area contributed by atoms with E-state index in [-0.39, 0.29) is 11.7 Å². The fourth-order valence-corrected chi connectivity index (χ4v) is 4.78. The zero-order chi connectivity index (χ0) is 24.1. The Morgan fingerprint density at radius 1 is 1.03 bits per heavy atom. The van der Waals surface area contributed by atoms with Crippen LogP contribution in [0.15, 0.2) is 72.8 Å². The number of methoxy groups -OCH3 is 1. The number of carbonyl (C=O) groups excluding carboxylic acids is 2. The molecule has 3 aromatic carbocycles. The molecule has 1 heterocycles. The second-order valence-corrected chi connectivity index (χ2v) is 9.14. The Morgan fingerprint density at radius 3 is 2.49 bits per heavy atom. The maximum atomic E-state index is 15.1. The number of imide groups is 1. The number of allylic oxidation sites excluding steroid dienone is 2. The van der Waals surface area contributed by atoms with Gasteiger partial charge in [0.15, 0.2) is 0 Å². The molecule has 5 heteroatoms. The molecule has 0 bridgehead atoms. The third-order valence-electron chi connectivity index (χ3n) is 6.75. The van der Waals surface area contributed by atoms with E-state index < -0.39 is 5.91 Å². The van der Waals surface area contributed by atoms with E-state index in [0.717, 1.165) is 29.5 Å². The summed E-state index contributed by atoms with van der Waals surface area (Å²) in [6.07, 6.45) is 6.25. The highest BCUT2D eigenvalue weighted by Crippen LogP contribution is 2.46. The SMILES string of the molecule is CO/C(=C1\C(=O)N(C(=O)CC2CC2)c2ccc(-c3c(F)cccc3C3=C[CH]3)cc21)c1ccccc1. The van der Waals surface area contributed by atoms with Crippen LogP contribution in [-0.4, -0.2) is 18.9 Å². The van der Waals surface area contributed by atoms with Crippen molar-refractivity contribution in [3.05, 3.63) is 102 Å². The van der Waals surface area contributed by atoms with E-state index >= 15 is 4.39 Å². The molecule has 0 aromatic heterocycles. The maximum absolute atomic E-state index is 15.1. The lowest BCUT2D eigenvalue weighted by atomic mass is 9.93. The Morgan fingerprint density at radius 2 is 1.80 bits per heavy atom. The molecule has 3 aliphatic rings. The van der Waals surface area contributed by atoms with Crippen LogP contribution in [0.5, 0.6) is 0 Å². The molecule has 1 saturated carbocycles. The molecule has 1 fully saturated rings. The van der Waals surface area contributed by atoms with Crippen molar-refractivity contribution in [2.45, 2.75) is 19.3 Å². The van der Waals surface area contributed by atoms with Crippen molar-refractivity contribution in [1.82, 2.24) is 0 Å². The van der Waals surface area contributed by atoms with Gasteiger partial charge in [0.25, 0.3) is 5.91 Å². The minimum absolute atomic E-state index is 0.214. The zero-order valence-electron chi connectivity index (χ0n) is 19.3. The number of fused-ring (bicyclic) bond motifs is 1. The first-order valence-electron chi connectivity index (χ1n) is 11.8. The van der Waals surface area contributed by atoms with Crippen molar-refractivity contribution in [3.63, 3.8) is 0 Å². The maximum Gasteiger partial charge on any atom is 0.269 e. The van der Waals surface area contributed by atoms with E-state index in [1.54, 1.807) is 24.3 Å². The number of benzene rings is 3. The number of rotatable bonds is 6. The average Bonchev–Trinajstić information content (AvgIpc) is 3.79. The van der Waals surface area contributed by atoms with Gasteiger partial charge in [0.2, 0.25) is 5.91 Å². The summed E-state index contributed by atoms with van der Waals surface area (Å²) >= 11 is 0. The molecule has 0 spiro atoms. The summed E-state index contributed by atoms with van der Waals surface area (Å²) in [4.78, 5) is 28.2. The largest absolute Gasteiger partial charge is 0.495 e. The normalized spacial score (nSPS) is 17.7. The third-order valence-corrected chi connectivity index (χ3v) is 6.75. The number of anilines is 1. The van der Waals surface area contributed by atoms with E-state index in [4.69, 9.17) is 4.74 Å². The lowest BCUT2D eigenvalue weighted by molar-refractivity contribution is -0.123. The van der Waals surface area contributed by atoms with E-state index in [1.807, 2.05) is 48.9 Å². The first kappa shape index (κ1) is 21.5. The summed E-state index contributed by atoms with van der Waals surface area (Å²) in [6.45, 7) is 0. The Balaban J connectivity index is 1.56. The number of hydrogen-bond acceptors (Lipinski definition) is 3. The van der Waals surface area contributed by atoms with Crippen molar-refractivity contribution in [1.29, 1.82) is 0 Å². The van der Waals surface area contributed by atoms with Crippen LogP contribution in [-0.2, 0) is 14.3 Å². The number of carbonyl (C=O) groups is 2. The quantitative estimate of drug-likeness (QED) is 0.319. The third kappa shape index (κ3) is 3.77. The van der Waals surface area contributed by atoms with E-state index in [0.29, 0.717) is 46.0 Å². The summed E-state index contributed by atoms with van der Waals surface area (Å²) in [6, 6.07) is 19.7. The van der Waals surface area contributed by atoms with Crippen molar-refractivity contribution in [2.24, 2.45) is 5.92 Å². The minimum Gasteiger partial charge on any atom is -0.495 e. The van der Waals surface area contributed by atoms with Gasteiger partial charge in [-0.2, -0.15) is 0 Å². The standard InChI is InChI=1S/C30H23FNO3/c1-35-29(20-6-3-2-4-7-20)28-23-17-21(27-22(19-12-13-19)8-5-9-24(27)31)14-15-25(23)32(30(28)34)26(33)16-18-10-11-18/h2-9,12-15,17-18H,10-11,16H2,1H3/b29-28-. The summed E-state index contributed by atoms with van der Waals surface area (Å²) < 4.78 is 20.8. The molecule has 2 aliphatic carbocycles. The van der Waals surface area contributed by atoms with Crippen molar-refractivity contribution < 1.29 is 18.7 Å². The van der Waals surface area contributed by atoms with Gasteiger partial charge >= 0.3 is 0 Å². The molecule has 2 amide bonds. The molecule has 0 N–H and O–H groups in total. The van der Waals surface area contributed by atoms with Gasteiger partial charge in [0, 0.05) is 29.5 Å². The van der Waals surface area contributed by atoms with E-state index in [2.05, 4.69) is 0 Å². The van der Waals surface area contributed by atoms with Gasteiger partial charge in [0.1, 0.15) is 11.6 Å². The van der Waals surface area contributed by atoms with E-state index in [1.165, 1.54) is 18.1 Å². The van der Waals surface area contributed by atoms with Crippen LogP contribution in [0.1, 0.15) is 36.0 Å². The van der Waals surface area contributed by atoms with Gasteiger partial charge in [-0.25, -0.2) is 9.29 Å². The number of halogens is 1. The van der Waals surface area contributed by atoms with Gasteiger partial charge in [-0.05, 0) is 53.7 Å². The topological polar surface area (TPSA) is 46.6 Å². The van der Waals surface area contributed by atoms with Crippen LogP contribution in [0.4, 0.5) is 10.1 Å². The molecule has 1 radical (unpaired) electrons. The number of amides is 2. The van der Waals surface area contributed by atoms with Gasteiger partial charge in [-0.1, -0.05) is 54.6 Å². The van der Waals surface area contributed by atoms with Gasteiger partial charge in [-0.3, -0.25) is 9.59 Å². The smallest absolute Gasteiger partial charge is 0.269 e. The summed E-state index contributed by atoms with van der Waals surface area (Å²) in [7, 11) is 1.52. The molecular formula is C30H23FNO3. The fourth-order valence-electron chi connectivity index (χ4n) is 4.78. The Bertz CT molecular complexity index is 1430. The summed E-state index contributed by atoms with van der Waals surface area (Å²) in [5.41, 5.74) is 5.03. The Hall–Kier alpha value is -3.99. The fraction of sp³-hybridized carbons (Fsp3) is 0.167. The van der Waals surface area contributed by atoms with Gasteiger partial charge < -0.3 is 4.74 Å². The predicted molar refractivity (Wildman–Crippen MR) is 134 cm³/mol. The number of ether oxygens (including phenoxy) is 1. The molecule has 35 heavy (non-hydrogen) atoms. The predicted octanol–water partition coefficient (Wildman–Crippen LogP) is 6.28. The minimum atomic E-state index is -0.407. The molecule has 0 atom stereocenters. The van der Waals surface area contributed by atoms with Crippen LogP contribution in [0.2, 0.25) is 0 Å². The highest BCUT2D eigenvalue weighted by Gasteiger charge is 2.41. The van der Waals surface area contributed by atoms with Gasteiger partial charge in [-0.15, -0.1) is 0 Å². The summed E-state index contributed by atoms with van der Waals surface area (Å²) in [5.74, 6) is -0.228. The molecule has 1 aliphatic heterocycles. The molecule has 0 unspecified atom stereocenters. The van der Waals surface area contributed by atoms with Crippen molar-refractivity contribution in [2.75, 3.05) is 12.0 Å². The lowest BCUT2D eigenvalue weighted by Gasteiger charge is -2.16. The molecular weight excluding hydrogens is 441 g/mol. The summed E-state index contributed by atoms with van der Waals surface area (Å²) in [5, 5.41) is 0. The monoisotopic (exact) mass is 464 g/mol. The van der Waals surface area contributed by atoms with Crippen molar-refractivity contribution in [3.8, 4) is 11.1 Å². The van der Waals surface area contributed by atoms with Crippen LogP contribution < -0.4 is 4.90 Å². The molecule has 0 saturated heterocycles. The molecule has 3 aromatic rings. The molecule has 4 nitrogen and oxygen atoms in total. The Kier molecular flexibility index (Phi) is 5.14. The first-order chi connectivity index (χ1) is 17.1. The molecule has 6 rings (SSSR count). The van der Waals surface area contributed by atoms with Gasteiger partial charge in [0.05, 0.1) is 18.4 Å². The van der Waals surface area contributed by atoms with E-state index in [9.17, 15) is 9.59 Å². The highest BCUT2D eigenvalue weighted by atomic mass is 19.1. The number of nitrogens with zero attached hydrogens (tertiary/aromatic N) is 1. The Labute approximate surface area is 203 Å². The van der Waals surface area contributed by atoms with Crippen molar-refractivity contribution >= 4 is 34.4 Å². The van der Waals surface area contributed by atoms with Crippen LogP contribution in [0, 0.1) is 18.2 Å². The average molecular weight is 465 g/mol. The lowest BCUT2D eigenvalue weighted by Crippen LogP contribution is -2.33. The van der Waals surface area contributed by atoms with Crippen LogP contribution in [0.25, 0.3) is 28.0 Å². The molecule has 173 valence electrons. The second kappa shape index (κ2) is 8.35. The second-order valence-electron chi connectivity index (χ2n) is 9.14.